The number of thiophene rings is 1. The van der Waals surface area contributed by atoms with E-state index in [0.717, 1.165) is 53.5 Å². The number of benzene rings is 2. The van der Waals surface area contributed by atoms with Crippen LogP contribution in [0, 0.1) is 6.92 Å². The fourth-order valence-electron chi connectivity index (χ4n) is 4.14. The molecule has 1 amide bonds. The van der Waals surface area contributed by atoms with Crippen molar-refractivity contribution >= 4 is 43.9 Å². The average molecular weight is 404 g/mol. The normalized spacial score (nSPS) is 14.0. The Morgan fingerprint density at radius 1 is 1.10 bits per heavy atom. The molecule has 0 radical (unpaired) electrons. The van der Waals surface area contributed by atoms with Gasteiger partial charge in [0.05, 0.1) is 10.3 Å². The minimum atomic E-state index is -0.193. The first kappa shape index (κ1) is 18.1. The van der Waals surface area contributed by atoms with Crippen molar-refractivity contribution in [3.05, 3.63) is 69.1 Å². The third-order valence-corrected chi connectivity index (χ3v) is 6.84. The molecule has 6 heteroatoms. The van der Waals surface area contributed by atoms with Crippen molar-refractivity contribution in [2.75, 3.05) is 5.32 Å². The summed E-state index contributed by atoms with van der Waals surface area (Å²) in [6, 6.07) is 13.8. The highest BCUT2D eigenvalue weighted by Gasteiger charge is 2.22. The van der Waals surface area contributed by atoms with Crippen LogP contribution in [0.2, 0.25) is 0 Å². The Hall–Kier alpha value is -2.99. The smallest absolute Gasteiger partial charge is 0.266 e. The van der Waals surface area contributed by atoms with Crippen LogP contribution in [0.4, 0.5) is 5.69 Å². The van der Waals surface area contributed by atoms with E-state index in [4.69, 9.17) is 4.98 Å². The number of aromatic nitrogens is 2. The van der Waals surface area contributed by atoms with Gasteiger partial charge in [-0.1, -0.05) is 42.8 Å². The van der Waals surface area contributed by atoms with Crippen LogP contribution in [-0.2, 0) is 13.0 Å². The highest BCUT2D eigenvalue weighted by Crippen LogP contribution is 2.30. The molecular weight excluding hydrogens is 382 g/mol. The van der Waals surface area contributed by atoms with Crippen molar-refractivity contribution < 1.29 is 4.79 Å². The summed E-state index contributed by atoms with van der Waals surface area (Å²) < 4.78 is 1.81. The molecule has 0 saturated carbocycles. The number of anilines is 1. The van der Waals surface area contributed by atoms with Gasteiger partial charge in [0.15, 0.2) is 0 Å². The number of hydrogen-bond acceptors (Lipinski definition) is 4. The third kappa shape index (κ3) is 3.04. The molecular formula is C23H21N3O2S. The molecule has 0 aliphatic carbocycles. The van der Waals surface area contributed by atoms with E-state index in [0.29, 0.717) is 21.6 Å². The lowest BCUT2D eigenvalue weighted by Gasteiger charge is -2.08. The summed E-state index contributed by atoms with van der Waals surface area (Å²) in [6.45, 7) is 2.56. The van der Waals surface area contributed by atoms with Crippen LogP contribution in [0.5, 0.6) is 0 Å². The number of carbonyl (C=O) groups excluding carboxylic acids is 1. The van der Waals surface area contributed by atoms with Gasteiger partial charge in [0.1, 0.15) is 10.7 Å². The first-order valence-electron chi connectivity index (χ1n) is 9.95. The lowest BCUT2D eigenvalue weighted by molar-refractivity contribution is 0.103. The Labute approximate surface area is 172 Å². The molecule has 2 aromatic carbocycles. The summed E-state index contributed by atoms with van der Waals surface area (Å²) in [4.78, 5) is 32.2. The van der Waals surface area contributed by atoms with Crippen molar-refractivity contribution in [2.45, 2.75) is 39.2 Å². The molecule has 3 heterocycles. The van der Waals surface area contributed by atoms with Gasteiger partial charge in [-0.05, 0) is 36.8 Å². The maximum atomic E-state index is 13.1. The maximum Gasteiger partial charge on any atom is 0.266 e. The summed E-state index contributed by atoms with van der Waals surface area (Å²) >= 11 is 1.31. The van der Waals surface area contributed by atoms with Crippen LogP contribution < -0.4 is 10.9 Å². The molecule has 0 atom stereocenters. The van der Waals surface area contributed by atoms with Crippen molar-refractivity contribution in [1.82, 2.24) is 9.55 Å². The number of nitrogens with one attached hydrogen (secondary N) is 1. The van der Waals surface area contributed by atoms with Crippen LogP contribution in [0.25, 0.3) is 21.0 Å². The number of carbonyl (C=O) groups is 1. The van der Waals surface area contributed by atoms with Crippen LogP contribution in [-0.4, -0.2) is 15.5 Å². The van der Waals surface area contributed by atoms with Gasteiger partial charge in [0.25, 0.3) is 11.5 Å². The molecule has 0 spiro atoms. The summed E-state index contributed by atoms with van der Waals surface area (Å²) in [6.07, 6.45) is 3.99. The van der Waals surface area contributed by atoms with Gasteiger partial charge in [0.2, 0.25) is 0 Å². The van der Waals surface area contributed by atoms with Gasteiger partial charge in [-0.15, -0.1) is 11.3 Å². The Morgan fingerprint density at radius 3 is 2.83 bits per heavy atom. The number of hydrogen-bond donors (Lipinski definition) is 1. The Kier molecular flexibility index (Phi) is 4.43. The Morgan fingerprint density at radius 2 is 1.93 bits per heavy atom. The molecule has 1 N–H and O–H groups in total. The predicted octanol–water partition coefficient (Wildman–Crippen LogP) is 4.90. The van der Waals surface area contributed by atoms with Crippen LogP contribution in [0.15, 0.2) is 47.3 Å². The minimum Gasteiger partial charge on any atom is -0.321 e. The van der Waals surface area contributed by atoms with Crippen LogP contribution >= 0.6 is 11.3 Å². The number of nitrogens with zero attached hydrogens (tertiary/aromatic N) is 2. The van der Waals surface area contributed by atoms with Gasteiger partial charge >= 0.3 is 0 Å². The van der Waals surface area contributed by atoms with Gasteiger partial charge in [-0.2, -0.15) is 0 Å². The third-order valence-electron chi connectivity index (χ3n) is 5.66. The fraction of sp³-hybridized carbons (Fsp3) is 0.261. The van der Waals surface area contributed by atoms with Crippen molar-refractivity contribution in [3.63, 3.8) is 0 Å². The highest BCUT2D eigenvalue weighted by atomic mass is 32.1. The second-order valence-electron chi connectivity index (χ2n) is 7.51. The monoisotopic (exact) mass is 403 g/mol. The van der Waals surface area contributed by atoms with E-state index < -0.39 is 0 Å². The van der Waals surface area contributed by atoms with E-state index in [9.17, 15) is 9.59 Å². The molecule has 5 rings (SSSR count). The molecule has 0 bridgehead atoms. The number of amides is 1. The summed E-state index contributed by atoms with van der Waals surface area (Å²) in [5.74, 6) is 0.656. The van der Waals surface area contributed by atoms with Crippen molar-refractivity contribution in [2.24, 2.45) is 0 Å². The second-order valence-corrected chi connectivity index (χ2v) is 8.51. The molecule has 0 fully saturated rings. The minimum absolute atomic E-state index is 0.00939. The zero-order valence-corrected chi connectivity index (χ0v) is 17.0. The SMILES string of the molecule is Cc1c(C(=O)Nc2cccc3ccccc23)sc2nc3n(c(=O)c12)CCCCC3. The first-order chi connectivity index (χ1) is 14.1. The lowest BCUT2D eigenvalue weighted by Crippen LogP contribution is -2.24. The molecule has 146 valence electrons. The van der Waals surface area contributed by atoms with Crippen molar-refractivity contribution in [3.8, 4) is 0 Å². The van der Waals surface area contributed by atoms with E-state index in [1.165, 1.54) is 11.3 Å². The number of fused-ring (bicyclic) bond motifs is 3. The first-order valence-corrected chi connectivity index (χ1v) is 10.8. The van der Waals surface area contributed by atoms with E-state index in [1.54, 1.807) is 4.57 Å². The molecule has 0 saturated heterocycles. The largest absolute Gasteiger partial charge is 0.321 e. The van der Waals surface area contributed by atoms with Gasteiger partial charge < -0.3 is 5.32 Å². The molecule has 0 unspecified atom stereocenters. The fourth-order valence-corrected chi connectivity index (χ4v) is 5.23. The molecule has 1 aliphatic rings. The topological polar surface area (TPSA) is 64.0 Å². The zero-order chi connectivity index (χ0) is 20.0. The zero-order valence-electron chi connectivity index (χ0n) is 16.2. The Balaban J connectivity index is 1.58. The number of aryl methyl sites for hydroxylation is 2. The molecule has 5 nitrogen and oxygen atoms in total. The lowest BCUT2D eigenvalue weighted by atomic mass is 10.1. The summed E-state index contributed by atoms with van der Waals surface area (Å²) in [7, 11) is 0. The quantitative estimate of drug-likeness (QED) is 0.518. The van der Waals surface area contributed by atoms with Gasteiger partial charge in [-0.3, -0.25) is 14.2 Å². The molecule has 4 aromatic rings. The van der Waals surface area contributed by atoms with Crippen LogP contribution in [0.1, 0.15) is 40.3 Å². The maximum absolute atomic E-state index is 13.1. The molecule has 1 aliphatic heterocycles. The average Bonchev–Trinajstić information content (AvgIpc) is 2.89. The predicted molar refractivity (Wildman–Crippen MR) is 118 cm³/mol. The molecule has 2 aromatic heterocycles. The van der Waals surface area contributed by atoms with E-state index >= 15 is 0 Å². The highest BCUT2D eigenvalue weighted by molar-refractivity contribution is 7.20. The second kappa shape index (κ2) is 7.12. The standard InChI is InChI=1S/C23H21N3O2S/c1-14-19-22(25-18-12-3-2-6-13-26(18)23(19)28)29-20(14)21(27)24-17-11-7-9-15-8-4-5-10-16(15)17/h4-5,7-11H,2-3,6,12-13H2,1H3,(H,24,27). The molecule has 29 heavy (non-hydrogen) atoms. The van der Waals surface area contributed by atoms with Crippen molar-refractivity contribution in [1.29, 1.82) is 0 Å². The van der Waals surface area contributed by atoms with Crippen LogP contribution in [0.3, 0.4) is 0 Å². The Bertz CT molecular complexity index is 1310. The van der Waals surface area contributed by atoms with Gasteiger partial charge in [0, 0.05) is 24.0 Å². The summed E-state index contributed by atoms with van der Waals surface area (Å²) in [5, 5.41) is 5.69. The van der Waals surface area contributed by atoms with Gasteiger partial charge in [-0.25, -0.2) is 4.98 Å². The van der Waals surface area contributed by atoms with E-state index in [-0.39, 0.29) is 11.5 Å². The van der Waals surface area contributed by atoms with E-state index in [1.807, 2.05) is 49.4 Å². The number of rotatable bonds is 2. The summed E-state index contributed by atoms with van der Waals surface area (Å²) in [5.41, 5.74) is 1.48. The van der Waals surface area contributed by atoms with E-state index in [2.05, 4.69) is 5.32 Å².